The Kier molecular flexibility index (Phi) is 6.14. The highest BCUT2D eigenvalue weighted by molar-refractivity contribution is 5.98. The first-order valence-electron chi connectivity index (χ1n) is 11.9. The summed E-state index contributed by atoms with van der Waals surface area (Å²) in [6, 6.07) is 5.72. The highest BCUT2D eigenvalue weighted by atomic mass is 16.2. The maximum Gasteiger partial charge on any atom is 0.267 e. The average Bonchev–Trinajstić information content (AvgIpc) is 3.15. The van der Waals surface area contributed by atoms with Gasteiger partial charge in [0.2, 0.25) is 11.9 Å². The summed E-state index contributed by atoms with van der Waals surface area (Å²) in [5, 5.41) is 6.69. The number of carbonyl (C=O) groups is 2. The fraction of sp³-hybridized carbons (Fsp3) is 0.458. The van der Waals surface area contributed by atoms with Crippen molar-refractivity contribution in [2.75, 3.05) is 23.8 Å². The summed E-state index contributed by atoms with van der Waals surface area (Å²) < 4.78 is 2.03. The molecule has 4 heterocycles. The molecule has 3 aromatic rings. The zero-order valence-corrected chi connectivity index (χ0v) is 19.3. The van der Waals surface area contributed by atoms with Crippen molar-refractivity contribution in [3.63, 3.8) is 0 Å². The quantitative estimate of drug-likeness (QED) is 0.531. The second-order valence-corrected chi connectivity index (χ2v) is 9.07. The standard InChI is InChI=1S/C24H30N8O2/c1-26-23(34)19-11-15-13-28-24(30-22(15)32(19)17-6-4-7-17)29-20-9-8-18(14-27-20)31-10-3-2-5-16(25)12-21(31)33/h8-9,11,13-14,16-17H,2-7,10,12,25H2,1H3,(H,26,34)(H,27,28,29,30). The molecule has 2 amide bonds. The van der Waals surface area contributed by atoms with Crippen LogP contribution in [0, 0.1) is 0 Å². The summed E-state index contributed by atoms with van der Waals surface area (Å²) in [5.74, 6) is 0.888. The van der Waals surface area contributed by atoms with Crippen molar-refractivity contribution >= 4 is 40.3 Å². The van der Waals surface area contributed by atoms with E-state index in [1.165, 1.54) is 0 Å². The SMILES string of the molecule is CNC(=O)c1cc2cnc(Nc3ccc(N4CCCCC(N)CC4=O)cn3)nc2n1C1CCC1. The third kappa shape index (κ3) is 4.33. The monoisotopic (exact) mass is 462 g/mol. The minimum Gasteiger partial charge on any atom is -0.354 e. The van der Waals surface area contributed by atoms with E-state index >= 15 is 0 Å². The second kappa shape index (κ2) is 9.38. The summed E-state index contributed by atoms with van der Waals surface area (Å²) in [5.41, 5.74) is 8.14. The number of nitrogens with zero attached hydrogens (tertiary/aromatic N) is 5. The molecule has 3 aromatic heterocycles. The lowest BCUT2D eigenvalue weighted by atomic mass is 9.92. The predicted molar refractivity (Wildman–Crippen MR) is 130 cm³/mol. The molecule has 2 fully saturated rings. The number of hydrogen-bond acceptors (Lipinski definition) is 7. The molecule has 0 aromatic carbocycles. The van der Waals surface area contributed by atoms with Crippen LogP contribution in [0.2, 0.25) is 0 Å². The zero-order valence-electron chi connectivity index (χ0n) is 19.3. The van der Waals surface area contributed by atoms with Crippen molar-refractivity contribution < 1.29 is 9.59 Å². The number of anilines is 3. The van der Waals surface area contributed by atoms with Gasteiger partial charge in [0.05, 0.1) is 11.9 Å². The number of nitrogens with one attached hydrogen (secondary N) is 2. The van der Waals surface area contributed by atoms with Crippen LogP contribution in [-0.2, 0) is 4.79 Å². The van der Waals surface area contributed by atoms with E-state index < -0.39 is 0 Å². The Hall–Kier alpha value is -3.53. The van der Waals surface area contributed by atoms with Gasteiger partial charge in [0.25, 0.3) is 5.91 Å². The van der Waals surface area contributed by atoms with Gasteiger partial charge in [-0.3, -0.25) is 9.59 Å². The fourth-order valence-electron chi connectivity index (χ4n) is 4.63. The van der Waals surface area contributed by atoms with E-state index in [4.69, 9.17) is 10.7 Å². The molecule has 10 nitrogen and oxygen atoms in total. The van der Waals surface area contributed by atoms with Gasteiger partial charge in [0.15, 0.2) is 0 Å². The van der Waals surface area contributed by atoms with Crippen LogP contribution in [0.4, 0.5) is 17.5 Å². The lowest BCUT2D eigenvalue weighted by Gasteiger charge is -2.29. The normalized spacial score (nSPS) is 19.4. The molecule has 1 unspecified atom stereocenters. The topological polar surface area (TPSA) is 131 Å². The molecule has 34 heavy (non-hydrogen) atoms. The number of fused-ring (bicyclic) bond motifs is 1. The number of amides is 2. The number of aromatic nitrogens is 4. The van der Waals surface area contributed by atoms with Gasteiger partial charge in [-0.15, -0.1) is 0 Å². The lowest BCUT2D eigenvalue weighted by molar-refractivity contribution is -0.119. The smallest absolute Gasteiger partial charge is 0.267 e. The van der Waals surface area contributed by atoms with E-state index in [0.717, 1.165) is 55.2 Å². The van der Waals surface area contributed by atoms with Crippen molar-refractivity contribution in [1.29, 1.82) is 0 Å². The summed E-state index contributed by atoms with van der Waals surface area (Å²) in [6.45, 7) is 0.672. The Labute approximate surface area is 198 Å². The van der Waals surface area contributed by atoms with Crippen molar-refractivity contribution in [3.05, 3.63) is 36.3 Å². The molecule has 1 atom stereocenters. The van der Waals surface area contributed by atoms with Crippen molar-refractivity contribution in [2.24, 2.45) is 5.73 Å². The van der Waals surface area contributed by atoms with Crippen LogP contribution in [-0.4, -0.2) is 51.0 Å². The fourth-order valence-corrected chi connectivity index (χ4v) is 4.63. The molecule has 1 saturated carbocycles. The summed E-state index contributed by atoms with van der Waals surface area (Å²) in [7, 11) is 1.63. The summed E-state index contributed by atoms with van der Waals surface area (Å²) in [4.78, 5) is 40.4. The molecule has 178 valence electrons. The van der Waals surface area contributed by atoms with Gasteiger partial charge in [-0.2, -0.15) is 4.98 Å². The largest absolute Gasteiger partial charge is 0.354 e. The van der Waals surface area contributed by atoms with Crippen LogP contribution < -0.4 is 21.3 Å². The van der Waals surface area contributed by atoms with Gasteiger partial charge in [-0.1, -0.05) is 6.42 Å². The number of nitrogens with two attached hydrogens (primary N) is 1. The Morgan fingerprint density at radius 2 is 1.97 bits per heavy atom. The Balaban J connectivity index is 1.38. The molecular weight excluding hydrogens is 432 g/mol. The first-order chi connectivity index (χ1) is 16.5. The van der Waals surface area contributed by atoms with E-state index in [0.29, 0.717) is 30.4 Å². The summed E-state index contributed by atoms with van der Waals surface area (Å²) >= 11 is 0. The molecular formula is C24H30N8O2. The molecule has 4 N–H and O–H groups in total. The summed E-state index contributed by atoms with van der Waals surface area (Å²) in [6.07, 6.45) is 9.80. The van der Waals surface area contributed by atoms with E-state index in [-0.39, 0.29) is 23.9 Å². The van der Waals surface area contributed by atoms with Gasteiger partial charge >= 0.3 is 0 Å². The number of hydrogen-bond donors (Lipinski definition) is 3. The second-order valence-electron chi connectivity index (χ2n) is 9.07. The Morgan fingerprint density at radius 3 is 2.68 bits per heavy atom. The molecule has 5 rings (SSSR count). The van der Waals surface area contributed by atoms with Gasteiger partial charge in [0, 0.05) is 43.7 Å². The third-order valence-electron chi connectivity index (χ3n) is 6.72. The first-order valence-corrected chi connectivity index (χ1v) is 11.9. The van der Waals surface area contributed by atoms with E-state index in [1.807, 2.05) is 22.8 Å². The van der Waals surface area contributed by atoms with Gasteiger partial charge in [-0.25, -0.2) is 9.97 Å². The van der Waals surface area contributed by atoms with Gasteiger partial charge in [-0.05, 0) is 50.3 Å². The minimum atomic E-state index is -0.128. The molecule has 1 aliphatic heterocycles. The highest BCUT2D eigenvalue weighted by Gasteiger charge is 2.27. The van der Waals surface area contributed by atoms with Crippen molar-refractivity contribution in [2.45, 2.75) is 57.0 Å². The van der Waals surface area contributed by atoms with Crippen LogP contribution in [0.3, 0.4) is 0 Å². The molecule has 1 saturated heterocycles. The molecule has 0 bridgehead atoms. The van der Waals surface area contributed by atoms with Crippen LogP contribution in [0.1, 0.15) is 61.5 Å². The average molecular weight is 463 g/mol. The maximum atomic E-state index is 12.6. The minimum absolute atomic E-state index is 0.0344. The van der Waals surface area contributed by atoms with Crippen LogP contribution in [0.15, 0.2) is 30.6 Å². The molecule has 10 heteroatoms. The Bertz CT molecular complexity index is 1200. The zero-order chi connectivity index (χ0) is 23.7. The van der Waals surface area contributed by atoms with E-state index in [9.17, 15) is 9.59 Å². The van der Waals surface area contributed by atoms with Crippen molar-refractivity contribution in [1.82, 2.24) is 24.8 Å². The Morgan fingerprint density at radius 1 is 1.12 bits per heavy atom. The maximum absolute atomic E-state index is 12.6. The van der Waals surface area contributed by atoms with Crippen LogP contribution in [0.25, 0.3) is 11.0 Å². The van der Waals surface area contributed by atoms with Crippen LogP contribution >= 0.6 is 0 Å². The van der Waals surface area contributed by atoms with E-state index in [1.54, 1.807) is 24.3 Å². The molecule has 0 radical (unpaired) electrons. The number of pyridine rings is 1. The predicted octanol–water partition coefficient (Wildman–Crippen LogP) is 2.89. The molecule has 0 spiro atoms. The van der Waals surface area contributed by atoms with Gasteiger partial charge in [0.1, 0.15) is 17.2 Å². The number of carbonyl (C=O) groups excluding carboxylic acids is 2. The molecule has 2 aliphatic rings. The number of rotatable bonds is 5. The van der Waals surface area contributed by atoms with Gasteiger partial charge < -0.3 is 25.8 Å². The van der Waals surface area contributed by atoms with Crippen LogP contribution in [0.5, 0.6) is 0 Å². The first kappa shape index (κ1) is 22.3. The van der Waals surface area contributed by atoms with Crippen molar-refractivity contribution in [3.8, 4) is 0 Å². The highest BCUT2D eigenvalue weighted by Crippen LogP contribution is 2.36. The molecule has 1 aliphatic carbocycles. The lowest BCUT2D eigenvalue weighted by Crippen LogP contribution is -2.38. The third-order valence-corrected chi connectivity index (χ3v) is 6.72. The van der Waals surface area contributed by atoms with E-state index in [2.05, 4.69) is 20.6 Å².